The fourth-order valence-electron chi connectivity index (χ4n) is 2.39. The number of imidazole rings is 1. The van der Waals surface area contributed by atoms with Crippen LogP contribution < -0.4 is 16.2 Å². The quantitative estimate of drug-likeness (QED) is 0.358. The molecule has 8 nitrogen and oxygen atoms in total. The number of benzene rings is 2. The van der Waals surface area contributed by atoms with E-state index in [0.29, 0.717) is 16.7 Å². The molecule has 3 rings (SSSR count). The van der Waals surface area contributed by atoms with E-state index < -0.39 is 11.7 Å². The van der Waals surface area contributed by atoms with Crippen LogP contribution in [0.15, 0.2) is 47.3 Å². The molecule has 1 heterocycles. The molecule has 0 unspecified atom stereocenters. The van der Waals surface area contributed by atoms with Crippen molar-refractivity contribution in [3.63, 3.8) is 0 Å². The maximum atomic E-state index is 11.6. The number of H-pyrrole nitrogens is 2. The Labute approximate surface area is 141 Å². The number of phenols is 1. The third-order valence-corrected chi connectivity index (χ3v) is 3.54. The molecule has 25 heavy (non-hydrogen) atoms. The highest BCUT2D eigenvalue weighted by Gasteiger charge is 2.15. The molecule has 0 radical (unpaired) electrons. The van der Waals surface area contributed by atoms with Crippen LogP contribution in [0, 0.1) is 0 Å². The minimum absolute atomic E-state index is 0.0908. The maximum Gasteiger partial charge on any atom is 0.326 e. The summed E-state index contributed by atoms with van der Waals surface area (Å²) in [6.45, 7) is -0.275. The zero-order valence-electron chi connectivity index (χ0n) is 12.9. The molecule has 0 bridgehead atoms. The molecule has 8 heteroatoms. The SMILES string of the molecule is NCC(=O)Oc1ccc(-c2[nH]c(=O)[nH]c2O)cc1-c1ccc(O)cc1. The van der Waals surface area contributed by atoms with E-state index in [-0.39, 0.29) is 29.6 Å². The van der Waals surface area contributed by atoms with Gasteiger partial charge in [-0.05, 0) is 35.9 Å². The molecule has 0 atom stereocenters. The van der Waals surface area contributed by atoms with Gasteiger partial charge >= 0.3 is 11.7 Å². The first-order valence-corrected chi connectivity index (χ1v) is 7.33. The van der Waals surface area contributed by atoms with Crippen LogP contribution in [0.5, 0.6) is 17.4 Å². The van der Waals surface area contributed by atoms with Crippen molar-refractivity contribution in [1.82, 2.24) is 9.97 Å². The van der Waals surface area contributed by atoms with Crippen LogP contribution in [-0.2, 0) is 4.79 Å². The molecule has 0 saturated heterocycles. The lowest BCUT2D eigenvalue weighted by atomic mass is 10.0. The number of aromatic nitrogens is 2. The van der Waals surface area contributed by atoms with Gasteiger partial charge in [-0.15, -0.1) is 0 Å². The molecule has 0 saturated carbocycles. The molecular formula is C17H15N3O5. The van der Waals surface area contributed by atoms with Crippen molar-refractivity contribution in [2.24, 2.45) is 5.73 Å². The molecule has 128 valence electrons. The average molecular weight is 341 g/mol. The summed E-state index contributed by atoms with van der Waals surface area (Å²) in [6.07, 6.45) is 0. The number of ether oxygens (including phenoxy) is 1. The molecule has 0 aliphatic carbocycles. The van der Waals surface area contributed by atoms with Gasteiger partial charge in [0.25, 0.3) is 0 Å². The van der Waals surface area contributed by atoms with Gasteiger partial charge < -0.3 is 25.7 Å². The number of carbonyl (C=O) groups is 1. The van der Waals surface area contributed by atoms with Gasteiger partial charge in [0.2, 0.25) is 5.88 Å². The van der Waals surface area contributed by atoms with Crippen molar-refractivity contribution in [2.75, 3.05) is 6.54 Å². The zero-order valence-corrected chi connectivity index (χ0v) is 12.9. The van der Waals surface area contributed by atoms with E-state index in [4.69, 9.17) is 10.5 Å². The molecular weight excluding hydrogens is 326 g/mol. The highest BCUT2D eigenvalue weighted by Crippen LogP contribution is 2.36. The third kappa shape index (κ3) is 3.38. The van der Waals surface area contributed by atoms with Crippen LogP contribution in [0.25, 0.3) is 22.4 Å². The Bertz CT molecular complexity index is 973. The number of nitrogens with one attached hydrogen (secondary N) is 2. The second-order valence-electron chi connectivity index (χ2n) is 5.24. The topological polar surface area (TPSA) is 141 Å². The summed E-state index contributed by atoms with van der Waals surface area (Å²) in [5, 5.41) is 19.3. The summed E-state index contributed by atoms with van der Waals surface area (Å²) >= 11 is 0. The lowest BCUT2D eigenvalue weighted by Crippen LogP contribution is -2.19. The summed E-state index contributed by atoms with van der Waals surface area (Å²) in [7, 11) is 0. The predicted octanol–water partition coefficient (Wildman–Crippen LogP) is 1.31. The Morgan fingerprint density at radius 1 is 1.04 bits per heavy atom. The second-order valence-corrected chi connectivity index (χ2v) is 5.24. The van der Waals surface area contributed by atoms with Gasteiger partial charge in [-0.2, -0.15) is 0 Å². The first-order valence-electron chi connectivity index (χ1n) is 7.33. The van der Waals surface area contributed by atoms with Crippen LogP contribution in [0.4, 0.5) is 0 Å². The van der Waals surface area contributed by atoms with E-state index in [1.165, 1.54) is 18.2 Å². The Hall–Kier alpha value is -3.52. The molecule has 0 aliphatic heterocycles. The van der Waals surface area contributed by atoms with Gasteiger partial charge in [0.1, 0.15) is 17.2 Å². The number of carbonyl (C=O) groups excluding carboxylic acids is 1. The van der Waals surface area contributed by atoms with E-state index in [2.05, 4.69) is 9.97 Å². The van der Waals surface area contributed by atoms with E-state index in [9.17, 15) is 19.8 Å². The minimum Gasteiger partial charge on any atom is -0.508 e. The van der Waals surface area contributed by atoms with Crippen LogP contribution >= 0.6 is 0 Å². The standard InChI is InChI=1S/C17H15N3O5/c18-8-14(22)25-13-6-3-10(15-16(23)20-17(24)19-15)7-12(13)9-1-4-11(21)5-2-9/h1-7,21,23H,8,18H2,(H2,19,20,24). The number of phenolic OH excluding ortho intramolecular Hbond substituents is 1. The second kappa shape index (κ2) is 6.54. The van der Waals surface area contributed by atoms with Crippen molar-refractivity contribution in [3.8, 4) is 39.8 Å². The van der Waals surface area contributed by atoms with Crippen molar-refractivity contribution < 1.29 is 19.7 Å². The van der Waals surface area contributed by atoms with Gasteiger partial charge in [-0.25, -0.2) is 4.79 Å². The van der Waals surface area contributed by atoms with E-state index in [1.807, 2.05) is 0 Å². The van der Waals surface area contributed by atoms with Crippen molar-refractivity contribution >= 4 is 5.97 Å². The van der Waals surface area contributed by atoms with Gasteiger partial charge in [0, 0.05) is 11.1 Å². The number of aromatic hydroxyl groups is 2. The van der Waals surface area contributed by atoms with E-state index in [0.717, 1.165) is 0 Å². The molecule has 0 fully saturated rings. The number of hydrogen-bond acceptors (Lipinski definition) is 6. The molecule has 0 spiro atoms. The van der Waals surface area contributed by atoms with E-state index >= 15 is 0 Å². The monoisotopic (exact) mass is 341 g/mol. The smallest absolute Gasteiger partial charge is 0.326 e. The molecule has 1 aromatic heterocycles. The van der Waals surface area contributed by atoms with Crippen molar-refractivity contribution in [2.45, 2.75) is 0 Å². The Morgan fingerprint density at radius 2 is 1.72 bits per heavy atom. The fraction of sp³-hybridized carbons (Fsp3) is 0.0588. The fourth-order valence-corrected chi connectivity index (χ4v) is 2.39. The lowest BCUT2D eigenvalue weighted by Gasteiger charge is -2.12. The molecule has 0 aliphatic rings. The first-order chi connectivity index (χ1) is 12.0. The number of nitrogens with two attached hydrogens (primary N) is 1. The van der Waals surface area contributed by atoms with Crippen LogP contribution in [0.1, 0.15) is 0 Å². The largest absolute Gasteiger partial charge is 0.508 e. The van der Waals surface area contributed by atoms with Gasteiger partial charge in [0.05, 0.1) is 6.54 Å². The average Bonchev–Trinajstić information content (AvgIpc) is 2.94. The zero-order chi connectivity index (χ0) is 18.0. The Kier molecular flexibility index (Phi) is 4.27. The molecule has 3 aromatic rings. The third-order valence-electron chi connectivity index (χ3n) is 3.54. The van der Waals surface area contributed by atoms with Crippen LogP contribution in [0.2, 0.25) is 0 Å². The first kappa shape index (κ1) is 16.3. The van der Waals surface area contributed by atoms with E-state index in [1.54, 1.807) is 24.3 Å². The van der Waals surface area contributed by atoms with Crippen molar-refractivity contribution in [3.05, 3.63) is 52.9 Å². The summed E-state index contributed by atoms with van der Waals surface area (Å²) in [4.78, 5) is 27.6. The number of aromatic amines is 2. The van der Waals surface area contributed by atoms with Gasteiger partial charge in [-0.1, -0.05) is 12.1 Å². The number of hydrogen-bond donors (Lipinski definition) is 5. The number of rotatable bonds is 4. The highest BCUT2D eigenvalue weighted by molar-refractivity contribution is 5.82. The van der Waals surface area contributed by atoms with Crippen LogP contribution in [0.3, 0.4) is 0 Å². The highest BCUT2D eigenvalue weighted by atomic mass is 16.5. The maximum absolute atomic E-state index is 11.6. The summed E-state index contributed by atoms with van der Waals surface area (Å²) < 4.78 is 5.24. The van der Waals surface area contributed by atoms with Gasteiger partial charge in [0.15, 0.2) is 0 Å². The van der Waals surface area contributed by atoms with Gasteiger partial charge in [-0.3, -0.25) is 9.78 Å². The lowest BCUT2D eigenvalue weighted by molar-refractivity contribution is -0.132. The summed E-state index contributed by atoms with van der Waals surface area (Å²) in [5.41, 5.74) is 6.65. The minimum atomic E-state index is -0.606. The summed E-state index contributed by atoms with van der Waals surface area (Å²) in [5.74, 6) is -0.547. The van der Waals surface area contributed by atoms with Crippen molar-refractivity contribution in [1.29, 1.82) is 0 Å². The Balaban J connectivity index is 2.14. The molecule has 2 aromatic carbocycles. The normalized spacial score (nSPS) is 10.6. The van der Waals surface area contributed by atoms with Crippen LogP contribution in [-0.4, -0.2) is 32.7 Å². The molecule has 0 amide bonds. The Morgan fingerprint density at radius 3 is 2.32 bits per heavy atom. The number of esters is 1. The molecule has 6 N–H and O–H groups in total. The summed E-state index contributed by atoms with van der Waals surface area (Å²) in [6, 6.07) is 11.0. The predicted molar refractivity (Wildman–Crippen MR) is 90.3 cm³/mol.